The van der Waals surface area contributed by atoms with E-state index in [1.807, 2.05) is 0 Å². The molecule has 5 rings (SSSR count). The van der Waals surface area contributed by atoms with E-state index in [0.29, 0.717) is 6.61 Å². The van der Waals surface area contributed by atoms with Gasteiger partial charge < -0.3 is 9.64 Å². The van der Waals surface area contributed by atoms with Crippen molar-refractivity contribution in [1.29, 1.82) is 0 Å². The molecule has 1 aromatic heterocycles. The molecule has 5 heteroatoms. The molecule has 2 aliphatic rings. The molecule has 0 saturated carbocycles. The zero-order valence-electron chi connectivity index (χ0n) is 17.8. The minimum absolute atomic E-state index is 0.0197. The lowest BCUT2D eigenvalue weighted by Gasteiger charge is -2.29. The molecule has 0 N–H and O–H groups in total. The van der Waals surface area contributed by atoms with Gasteiger partial charge in [-0.1, -0.05) is 54.2 Å². The van der Waals surface area contributed by atoms with Gasteiger partial charge in [0.15, 0.2) is 5.16 Å². The van der Waals surface area contributed by atoms with Gasteiger partial charge in [-0.25, -0.2) is 9.97 Å². The highest BCUT2D eigenvalue weighted by Gasteiger charge is 2.28. The minimum atomic E-state index is 0.0197. The fraction of sp³-hybridized carbons (Fsp3) is 0.360. The van der Waals surface area contributed by atoms with Crippen molar-refractivity contribution < 1.29 is 4.74 Å². The Morgan fingerprint density at radius 2 is 1.97 bits per heavy atom. The van der Waals surface area contributed by atoms with E-state index in [4.69, 9.17) is 14.7 Å². The van der Waals surface area contributed by atoms with E-state index >= 15 is 0 Å². The number of nitrogens with zero attached hydrogens (tertiary/aromatic N) is 3. The van der Waals surface area contributed by atoms with Crippen LogP contribution in [-0.4, -0.2) is 41.3 Å². The van der Waals surface area contributed by atoms with Crippen LogP contribution in [0.2, 0.25) is 0 Å². The van der Waals surface area contributed by atoms with E-state index in [1.54, 1.807) is 11.8 Å². The Labute approximate surface area is 182 Å². The van der Waals surface area contributed by atoms with Gasteiger partial charge in [0.2, 0.25) is 0 Å². The average Bonchev–Trinajstić information content (AvgIpc) is 2.78. The quantitative estimate of drug-likeness (QED) is 0.433. The molecule has 1 unspecified atom stereocenters. The van der Waals surface area contributed by atoms with Crippen molar-refractivity contribution >= 4 is 28.1 Å². The summed E-state index contributed by atoms with van der Waals surface area (Å²) in [5.41, 5.74) is 7.32. The van der Waals surface area contributed by atoms with Crippen molar-refractivity contribution in [2.75, 3.05) is 26.4 Å². The van der Waals surface area contributed by atoms with Gasteiger partial charge in [-0.2, -0.15) is 0 Å². The summed E-state index contributed by atoms with van der Waals surface area (Å²) in [6, 6.07) is 13.0. The van der Waals surface area contributed by atoms with Gasteiger partial charge in [-0.05, 0) is 54.1 Å². The zero-order valence-corrected chi connectivity index (χ0v) is 18.6. The van der Waals surface area contributed by atoms with Crippen LogP contribution in [0.4, 0.5) is 0 Å². The smallest absolute Gasteiger partial charge is 0.188 e. The molecule has 0 radical (unpaired) electrons. The number of aryl methyl sites for hydroxylation is 1. The Balaban J connectivity index is 1.56. The Hall–Kier alpha value is -2.21. The maximum atomic E-state index is 6.46. The molecule has 0 amide bonds. The molecule has 1 atom stereocenters. The SMILES string of the molecule is CSc1nc2c(c(C3=CCN(C)CC3)n1)COC(c1cccc3cccc(C)c13)C2. The first-order chi connectivity index (χ1) is 14.6. The number of ether oxygens (including phenoxy) is 1. The molecule has 0 spiro atoms. The molecule has 0 bridgehead atoms. The number of benzene rings is 2. The number of hydrogen-bond donors (Lipinski definition) is 0. The minimum Gasteiger partial charge on any atom is -0.368 e. The van der Waals surface area contributed by atoms with Crippen molar-refractivity contribution in [1.82, 2.24) is 14.9 Å². The maximum absolute atomic E-state index is 6.46. The number of aromatic nitrogens is 2. The first-order valence-corrected chi connectivity index (χ1v) is 11.8. The average molecular weight is 418 g/mol. The first-order valence-electron chi connectivity index (χ1n) is 10.6. The lowest BCUT2D eigenvalue weighted by molar-refractivity contribution is 0.0261. The van der Waals surface area contributed by atoms with E-state index in [0.717, 1.165) is 42.5 Å². The molecular weight excluding hydrogens is 390 g/mol. The third-order valence-corrected chi connectivity index (χ3v) is 6.82. The van der Waals surface area contributed by atoms with Crippen LogP contribution in [0.15, 0.2) is 47.6 Å². The molecule has 0 saturated heterocycles. The molecule has 154 valence electrons. The topological polar surface area (TPSA) is 38.2 Å². The summed E-state index contributed by atoms with van der Waals surface area (Å²) < 4.78 is 6.46. The van der Waals surface area contributed by atoms with Crippen molar-refractivity contribution in [2.45, 2.75) is 37.6 Å². The summed E-state index contributed by atoms with van der Waals surface area (Å²) >= 11 is 1.62. The molecule has 2 aromatic carbocycles. The van der Waals surface area contributed by atoms with Crippen molar-refractivity contribution in [3.05, 3.63) is 70.6 Å². The van der Waals surface area contributed by atoms with Gasteiger partial charge in [0.1, 0.15) is 0 Å². The number of fused-ring (bicyclic) bond motifs is 2. The van der Waals surface area contributed by atoms with Crippen LogP contribution in [0.1, 0.15) is 40.6 Å². The second kappa shape index (κ2) is 8.14. The summed E-state index contributed by atoms with van der Waals surface area (Å²) in [7, 11) is 2.16. The maximum Gasteiger partial charge on any atom is 0.188 e. The monoisotopic (exact) mass is 417 g/mol. The zero-order chi connectivity index (χ0) is 20.7. The highest BCUT2D eigenvalue weighted by molar-refractivity contribution is 7.98. The van der Waals surface area contributed by atoms with Gasteiger partial charge in [-0.3, -0.25) is 0 Å². The third kappa shape index (κ3) is 3.55. The van der Waals surface area contributed by atoms with Gasteiger partial charge in [0, 0.05) is 25.1 Å². The van der Waals surface area contributed by atoms with E-state index < -0.39 is 0 Å². The molecule has 4 nitrogen and oxygen atoms in total. The van der Waals surface area contributed by atoms with Gasteiger partial charge in [0.05, 0.1) is 24.1 Å². The summed E-state index contributed by atoms with van der Waals surface area (Å²) in [4.78, 5) is 12.2. The summed E-state index contributed by atoms with van der Waals surface area (Å²) in [6.07, 6.45) is 6.21. The molecule has 3 aromatic rings. The molecule has 0 fully saturated rings. The van der Waals surface area contributed by atoms with Crippen molar-refractivity contribution in [3.63, 3.8) is 0 Å². The summed E-state index contributed by atoms with van der Waals surface area (Å²) in [5, 5.41) is 3.44. The number of likely N-dealkylation sites (N-methyl/N-ethyl adjacent to an activating group) is 1. The standard InChI is InChI=1S/C25H27N3OS/c1-16-6-4-7-17-8-5-9-19(23(16)17)22-14-21-20(15-29-22)24(27-25(26-21)30-3)18-10-12-28(2)13-11-18/h4-10,22H,11-15H2,1-3H3. The first kappa shape index (κ1) is 19.7. The molecule has 2 aliphatic heterocycles. The predicted molar refractivity (Wildman–Crippen MR) is 124 cm³/mol. The highest BCUT2D eigenvalue weighted by atomic mass is 32.2. The van der Waals surface area contributed by atoms with Gasteiger partial charge in [0.25, 0.3) is 0 Å². The molecular formula is C25H27N3OS. The van der Waals surface area contributed by atoms with E-state index in [2.05, 4.69) is 67.6 Å². The Bertz CT molecular complexity index is 1140. The number of thioether (sulfide) groups is 1. The Kier molecular flexibility index (Phi) is 5.35. The van der Waals surface area contributed by atoms with Crippen LogP contribution in [0.25, 0.3) is 16.3 Å². The normalized spacial score (nSPS) is 19.6. The summed E-state index contributed by atoms with van der Waals surface area (Å²) in [6.45, 7) is 4.79. The van der Waals surface area contributed by atoms with Crippen LogP contribution in [0.5, 0.6) is 0 Å². The van der Waals surface area contributed by atoms with Gasteiger partial charge >= 0.3 is 0 Å². The molecule has 30 heavy (non-hydrogen) atoms. The number of rotatable bonds is 3. The van der Waals surface area contributed by atoms with E-state index in [1.165, 1.54) is 33.0 Å². The van der Waals surface area contributed by atoms with Crippen LogP contribution in [-0.2, 0) is 17.8 Å². The van der Waals surface area contributed by atoms with E-state index in [-0.39, 0.29) is 6.10 Å². The van der Waals surface area contributed by atoms with Crippen LogP contribution >= 0.6 is 11.8 Å². The lowest BCUT2D eigenvalue weighted by atomic mass is 9.91. The van der Waals surface area contributed by atoms with Crippen LogP contribution in [0.3, 0.4) is 0 Å². The van der Waals surface area contributed by atoms with Crippen LogP contribution < -0.4 is 0 Å². The van der Waals surface area contributed by atoms with Gasteiger partial charge in [-0.15, -0.1) is 0 Å². The molecule has 3 heterocycles. The number of hydrogen-bond acceptors (Lipinski definition) is 5. The summed E-state index contributed by atoms with van der Waals surface area (Å²) in [5.74, 6) is 0. The third-order valence-electron chi connectivity index (χ3n) is 6.27. The Morgan fingerprint density at radius 1 is 1.13 bits per heavy atom. The second-order valence-electron chi connectivity index (χ2n) is 8.25. The van der Waals surface area contributed by atoms with Crippen molar-refractivity contribution in [3.8, 4) is 0 Å². The largest absolute Gasteiger partial charge is 0.368 e. The fourth-order valence-electron chi connectivity index (χ4n) is 4.62. The van der Waals surface area contributed by atoms with Crippen LogP contribution in [0, 0.1) is 6.92 Å². The van der Waals surface area contributed by atoms with Crippen molar-refractivity contribution in [2.24, 2.45) is 0 Å². The fourth-order valence-corrected chi connectivity index (χ4v) is 5.00. The predicted octanol–water partition coefficient (Wildman–Crippen LogP) is 5.19. The Morgan fingerprint density at radius 3 is 2.73 bits per heavy atom. The molecule has 0 aliphatic carbocycles. The lowest BCUT2D eigenvalue weighted by Crippen LogP contribution is -2.25. The second-order valence-corrected chi connectivity index (χ2v) is 9.02. The highest BCUT2D eigenvalue weighted by Crippen LogP contribution is 2.38. The van der Waals surface area contributed by atoms with E-state index in [9.17, 15) is 0 Å².